The lowest BCUT2D eigenvalue weighted by Crippen LogP contribution is -1.91. The number of aromatic hydroxyl groups is 1. The zero-order valence-electron chi connectivity index (χ0n) is 6.08. The number of phenols is 1. The van der Waals surface area contributed by atoms with Crippen LogP contribution in [-0.4, -0.2) is 10.2 Å². The van der Waals surface area contributed by atoms with Crippen molar-refractivity contribution < 1.29 is 10.2 Å². The van der Waals surface area contributed by atoms with Gasteiger partial charge in [0.05, 0.1) is 6.10 Å². The average molecular weight is 173 g/mol. The van der Waals surface area contributed by atoms with Crippen LogP contribution in [0.5, 0.6) is 5.75 Å². The van der Waals surface area contributed by atoms with Gasteiger partial charge in [-0.05, 0) is 25.1 Å². The Kier molecular flexibility index (Phi) is 2.37. The van der Waals surface area contributed by atoms with Gasteiger partial charge in [-0.3, -0.25) is 0 Å². The summed E-state index contributed by atoms with van der Waals surface area (Å²) in [6.07, 6.45) is -0.644. The number of benzene rings is 1. The SMILES string of the molecule is CC(O)c1cc(O)ccc1Cl. The molecule has 60 valence electrons. The maximum Gasteiger partial charge on any atom is 0.116 e. The standard InChI is InChI=1S/C8H9ClO2/c1-5(10)7-4-6(11)2-3-8(7)9/h2-5,10-11H,1H3. The average Bonchev–Trinajstić information content (AvgIpc) is 1.94. The molecule has 2 nitrogen and oxygen atoms in total. The Labute approximate surface area is 70.1 Å². The molecule has 0 amide bonds. The molecule has 1 aromatic rings. The summed E-state index contributed by atoms with van der Waals surface area (Å²) in [5.74, 6) is 0.116. The summed E-state index contributed by atoms with van der Waals surface area (Å²) >= 11 is 5.72. The zero-order chi connectivity index (χ0) is 8.43. The van der Waals surface area contributed by atoms with Crippen molar-refractivity contribution in [3.8, 4) is 5.75 Å². The molecule has 1 unspecified atom stereocenters. The highest BCUT2D eigenvalue weighted by molar-refractivity contribution is 6.31. The molecule has 1 rings (SSSR count). The van der Waals surface area contributed by atoms with E-state index in [0.717, 1.165) is 0 Å². The minimum atomic E-state index is -0.644. The first-order valence-electron chi connectivity index (χ1n) is 3.27. The molecule has 0 saturated carbocycles. The lowest BCUT2D eigenvalue weighted by Gasteiger charge is -2.06. The lowest BCUT2D eigenvalue weighted by atomic mass is 10.1. The molecule has 0 bridgehead atoms. The second-order valence-corrected chi connectivity index (χ2v) is 2.79. The van der Waals surface area contributed by atoms with E-state index >= 15 is 0 Å². The normalized spacial score (nSPS) is 13.0. The second kappa shape index (κ2) is 3.11. The summed E-state index contributed by atoms with van der Waals surface area (Å²) in [6.45, 7) is 1.60. The van der Waals surface area contributed by atoms with E-state index in [4.69, 9.17) is 21.8 Å². The number of hydrogen-bond donors (Lipinski definition) is 2. The van der Waals surface area contributed by atoms with Gasteiger partial charge in [-0.1, -0.05) is 11.6 Å². The number of hydrogen-bond acceptors (Lipinski definition) is 2. The highest BCUT2D eigenvalue weighted by Crippen LogP contribution is 2.26. The largest absolute Gasteiger partial charge is 0.508 e. The fourth-order valence-corrected chi connectivity index (χ4v) is 1.13. The predicted octanol–water partition coefficient (Wildman–Crippen LogP) is 2.10. The molecule has 0 spiro atoms. The van der Waals surface area contributed by atoms with Crippen molar-refractivity contribution in [2.45, 2.75) is 13.0 Å². The van der Waals surface area contributed by atoms with Crippen molar-refractivity contribution in [3.63, 3.8) is 0 Å². The summed E-state index contributed by atoms with van der Waals surface area (Å²) < 4.78 is 0. The number of rotatable bonds is 1. The van der Waals surface area contributed by atoms with Gasteiger partial charge in [0, 0.05) is 10.6 Å². The van der Waals surface area contributed by atoms with Crippen LogP contribution >= 0.6 is 11.6 Å². The van der Waals surface area contributed by atoms with E-state index in [1.807, 2.05) is 0 Å². The molecule has 0 aromatic heterocycles. The van der Waals surface area contributed by atoms with Gasteiger partial charge in [0.25, 0.3) is 0 Å². The maximum atomic E-state index is 9.13. The number of halogens is 1. The third-order valence-corrected chi connectivity index (χ3v) is 1.77. The van der Waals surface area contributed by atoms with Crippen LogP contribution in [0.25, 0.3) is 0 Å². The van der Waals surface area contributed by atoms with E-state index in [0.29, 0.717) is 10.6 Å². The van der Waals surface area contributed by atoms with Crippen LogP contribution in [0.15, 0.2) is 18.2 Å². The quantitative estimate of drug-likeness (QED) is 0.681. The first-order chi connectivity index (χ1) is 5.11. The summed E-state index contributed by atoms with van der Waals surface area (Å²) in [5, 5.41) is 18.6. The Balaban J connectivity index is 3.13. The molecule has 0 saturated heterocycles. The summed E-state index contributed by atoms with van der Waals surface area (Å²) in [7, 11) is 0. The second-order valence-electron chi connectivity index (χ2n) is 2.38. The summed E-state index contributed by atoms with van der Waals surface area (Å²) in [6, 6.07) is 4.49. The molecule has 1 aromatic carbocycles. The van der Waals surface area contributed by atoms with E-state index in [9.17, 15) is 0 Å². The molecular weight excluding hydrogens is 164 g/mol. The smallest absolute Gasteiger partial charge is 0.116 e. The maximum absolute atomic E-state index is 9.13. The lowest BCUT2D eigenvalue weighted by molar-refractivity contribution is 0.199. The molecule has 3 heteroatoms. The van der Waals surface area contributed by atoms with Gasteiger partial charge in [0.15, 0.2) is 0 Å². The first-order valence-corrected chi connectivity index (χ1v) is 3.65. The van der Waals surface area contributed by atoms with Gasteiger partial charge >= 0.3 is 0 Å². The van der Waals surface area contributed by atoms with Gasteiger partial charge in [-0.15, -0.1) is 0 Å². The van der Waals surface area contributed by atoms with Gasteiger partial charge in [-0.25, -0.2) is 0 Å². The molecule has 0 aliphatic rings. The van der Waals surface area contributed by atoms with E-state index in [1.54, 1.807) is 13.0 Å². The molecule has 0 fully saturated rings. The monoisotopic (exact) mass is 172 g/mol. The Hall–Kier alpha value is -0.730. The van der Waals surface area contributed by atoms with Crippen molar-refractivity contribution in [1.82, 2.24) is 0 Å². The molecule has 2 N–H and O–H groups in total. The Morgan fingerprint density at radius 3 is 2.55 bits per heavy atom. The van der Waals surface area contributed by atoms with Crippen LogP contribution in [0.2, 0.25) is 5.02 Å². The van der Waals surface area contributed by atoms with E-state index in [2.05, 4.69) is 0 Å². The third-order valence-electron chi connectivity index (χ3n) is 1.43. The van der Waals surface area contributed by atoms with Crippen LogP contribution in [0, 0.1) is 0 Å². The number of aliphatic hydroxyl groups excluding tert-OH is 1. The molecule has 1 atom stereocenters. The van der Waals surface area contributed by atoms with Crippen molar-refractivity contribution in [2.75, 3.05) is 0 Å². The van der Waals surface area contributed by atoms with Gasteiger partial charge < -0.3 is 10.2 Å². The third kappa shape index (κ3) is 1.85. The molecular formula is C8H9ClO2. The van der Waals surface area contributed by atoms with E-state index in [-0.39, 0.29) is 5.75 Å². The fraction of sp³-hybridized carbons (Fsp3) is 0.250. The molecule has 11 heavy (non-hydrogen) atoms. The van der Waals surface area contributed by atoms with Gasteiger partial charge in [-0.2, -0.15) is 0 Å². The van der Waals surface area contributed by atoms with Gasteiger partial charge in [0.1, 0.15) is 5.75 Å². The summed E-state index contributed by atoms with van der Waals surface area (Å²) in [4.78, 5) is 0. The molecule has 0 heterocycles. The van der Waals surface area contributed by atoms with Gasteiger partial charge in [0.2, 0.25) is 0 Å². The van der Waals surface area contributed by atoms with Crippen molar-refractivity contribution >= 4 is 11.6 Å². The highest BCUT2D eigenvalue weighted by atomic mass is 35.5. The number of aliphatic hydroxyl groups is 1. The molecule has 0 aliphatic carbocycles. The number of phenolic OH excluding ortho intramolecular Hbond substituents is 1. The van der Waals surface area contributed by atoms with Crippen LogP contribution in [0.3, 0.4) is 0 Å². The fourth-order valence-electron chi connectivity index (χ4n) is 0.851. The summed E-state index contributed by atoms with van der Waals surface area (Å²) in [5.41, 5.74) is 0.548. The van der Waals surface area contributed by atoms with E-state index < -0.39 is 6.10 Å². The Morgan fingerprint density at radius 1 is 1.45 bits per heavy atom. The first kappa shape index (κ1) is 8.37. The van der Waals surface area contributed by atoms with Crippen LogP contribution in [0.1, 0.15) is 18.6 Å². The minimum Gasteiger partial charge on any atom is -0.508 e. The van der Waals surface area contributed by atoms with Crippen molar-refractivity contribution in [3.05, 3.63) is 28.8 Å². The van der Waals surface area contributed by atoms with Crippen LogP contribution in [0.4, 0.5) is 0 Å². The molecule has 0 aliphatic heterocycles. The van der Waals surface area contributed by atoms with Crippen LogP contribution in [-0.2, 0) is 0 Å². The van der Waals surface area contributed by atoms with Crippen LogP contribution < -0.4 is 0 Å². The topological polar surface area (TPSA) is 40.5 Å². The minimum absolute atomic E-state index is 0.116. The van der Waals surface area contributed by atoms with Crippen molar-refractivity contribution in [2.24, 2.45) is 0 Å². The highest BCUT2D eigenvalue weighted by Gasteiger charge is 2.06. The predicted molar refractivity (Wildman–Crippen MR) is 43.8 cm³/mol. The van der Waals surface area contributed by atoms with Crippen molar-refractivity contribution in [1.29, 1.82) is 0 Å². The Bertz CT molecular complexity index is 258. The van der Waals surface area contributed by atoms with E-state index in [1.165, 1.54) is 12.1 Å². The Morgan fingerprint density at radius 2 is 2.09 bits per heavy atom. The zero-order valence-corrected chi connectivity index (χ0v) is 6.84. The molecule has 0 radical (unpaired) electrons.